The lowest BCUT2D eigenvalue weighted by atomic mass is 10.1. The van der Waals surface area contributed by atoms with Gasteiger partial charge in [0.1, 0.15) is 13.2 Å². The van der Waals surface area contributed by atoms with Crippen LogP contribution in [0.2, 0.25) is 0 Å². The molecular weight excluding hydrogens is 310 g/mol. The molecule has 0 bridgehead atoms. The molecule has 1 saturated heterocycles. The van der Waals surface area contributed by atoms with Crippen LogP contribution in [0.5, 0.6) is 11.5 Å². The van der Waals surface area contributed by atoms with Gasteiger partial charge in [-0.15, -0.1) is 0 Å². The first kappa shape index (κ1) is 15.0. The van der Waals surface area contributed by atoms with Crippen molar-refractivity contribution in [2.75, 3.05) is 33.0 Å². The van der Waals surface area contributed by atoms with Gasteiger partial charge in [0, 0.05) is 24.6 Å². The number of ether oxygens (including phenoxy) is 3. The summed E-state index contributed by atoms with van der Waals surface area (Å²) in [4.78, 5) is 12.5. The minimum atomic E-state index is -0.138. The number of fused-ring (bicyclic) bond motifs is 1. The van der Waals surface area contributed by atoms with Gasteiger partial charge in [0.25, 0.3) is 5.91 Å². The molecule has 4 rings (SSSR count). The van der Waals surface area contributed by atoms with Gasteiger partial charge in [0.15, 0.2) is 11.5 Å². The fraction of sp³-hybridized carbons (Fsp3) is 0.412. The standard InChI is InChI=1S/C17H19N3O4/c21-17(18-8-11-3-4-22-10-11)13-9-19-20-16(13)12-1-2-14-15(7-12)24-6-5-23-14/h1-2,7,9,11H,3-6,8,10H2,(H,18,21)(H,19,20). The van der Waals surface area contributed by atoms with Crippen molar-refractivity contribution < 1.29 is 19.0 Å². The van der Waals surface area contributed by atoms with E-state index in [0.717, 1.165) is 24.3 Å². The molecule has 2 aliphatic heterocycles. The van der Waals surface area contributed by atoms with Crippen molar-refractivity contribution in [3.05, 3.63) is 30.0 Å². The third-order valence-electron chi connectivity index (χ3n) is 4.29. The van der Waals surface area contributed by atoms with E-state index in [9.17, 15) is 4.79 Å². The lowest BCUT2D eigenvalue weighted by Gasteiger charge is -2.18. The van der Waals surface area contributed by atoms with Crippen molar-refractivity contribution >= 4 is 5.91 Å². The molecule has 2 aromatic rings. The highest BCUT2D eigenvalue weighted by Gasteiger charge is 2.21. The second-order valence-corrected chi connectivity index (χ2v) is 5.96. The van der Waals surface area contributed by atoms with Crippen LogP contribution in [0.4, 0.5) is 0 Å². The zero-order chi connectivity index (χ0) is 16.4. The molecule has 0 saturated carbocycles. The van der Waals surface area contributed by atoms with Crippen molar-refractivity contribution in [1.82, 2.24) is 15.5 Å². The number of nitrogens with zero attached hydrogens (tertiary/aromatic N) is 1. The molecule has 1 amide bonds. The van der Waals surface area contributed by atoms with Crippen molar-refractivity contribution in [2.24, 2.45) is 5.92 Å². The number of aromatic amines is 1. The minimum absolute atomic E-state index is 0.138. The minimum Gasteiger partial charge on any atom is -0.486 e. The van der Waals surface area contributed by atoms with Crippen LogP contribution in [0.15, 0.2) is 24.4 Å². The zero-order valence-corrected chi connectivity index (χ0v) is 13.2. The number of benzene rings is 1. The lowest BCUT2D eigenvalue weighted by Crippen LogP contribution is -2.29. The van der Waals surface area contributed by atoms with E-state index in [1.165, 1.54) is 0 Å². The van der Waals surface area contributed by atoms with Gasteiger partial charge in [-0.1, -0.05) is 0 Å². The number of hydrogen-bond acceptors (Lipinski definition) is 5. The second-order valence-electron chi connectivity index (χ2n) is 5.96. The number of H-pyrrole nitrogens is 1. The molecule has 1 atom stereocenters. The lowest BCUT2D eigenvalue weighted by molar-refractivity contribution is 0.0945. The van der Waals surface area contributed by atoms with Gasteiger partial charge >= 0.3 is 0 Å². The van der Waals surface area contributed by atoms with Crippen molar-refractivity contribution in [2.45, 2.75) is 6.42 Å². The topological polar surface area (TPSA) is 85.5 Å². The maximum Gasteiger partial charge on any atom is 0.255 e. The number of carbonyl (C=O) groups excluding carboxylic acids is 1. The summed E-state index contributed by atoms with van der Waals surface area (Å²) < 4.78 is 16.5. The number of hydrogen-bond donors (Lipinski definition) is 2. The first-order valence-corrected chi connectivity index (χ1v) is 8.10. The first-order chi connectivity index (χ1) is 11.8. The molecule has 1 fully saturated rings. The van der Waals surface area contributed by atoms with Crippen LogP contribution in [0.25, 0.3) is 11.3 Å². The fourth-order valence-electron chi connectivity index (χ4n) is 2.95. The Balaban J connectivity index is 1.52. The molecule has 2 N–H and O–H groups in total. The summed E-state index contributed by atoms with van der Waals surface area (Å²) in [5, 5.41) is 9.90. The summed E-state index contributed by atoms with van der Waals surface area (Å²) >= 11 is 0. The number of aromatic nitrogens is 2. The molecule has 7 heteroatoms. The molecule has 1 aromatic heterocycles. The molecule has 0 aliphatic carbocycles. The SMILES string of the molecule is O=C(NCC1CCOC1)c1cn[nH]c1-c1ccc2c(c1)OCCO2. The normalized spacial score (nSPS) is 19.2. The average molecular weight is 329 g/mol. The van der Waals surface area contributed by atoms with Crippen LogP contribution in [0.3, 0.4) is 0 Å². The quantitative estimate of drug-likeness (QED) is 0.890. The predicted octanol–water partition coefficient (Wildman–Crippen LogP) is 1.61. The highest BCUT2D eigenvalue weighted by molar-refractivity contribution is 5.99. The summed E-state index contributed by atoms with van der Waals surface area (Å²) in [6, 6.07) is 5.61. The monoisotopic (exact) mass is 329 g/mol. The molecule has 7 nitrogen and oxygen atoms in total. The molecule has 3 heterocycles. The fourth-order valence-corrected chi connectivity index (χ4v) is 2.95. The first-order valence-electron chi connectivity index (χ1n) is 8.10. The Hall–Kier alpha value is -2.54. The van der Waals surface area contributed by atoms with Gasteiger partial charge in [-0.2, -0.15) is 5.10 Å². The largest absolute Gasteiger partial charge is 0.486 e. The van der Waals surface area contributed by atoms with Gasteiger partial charge < -0.3 is 19.5 Å². The predicted molar refractivity (Wildman–Crippen MR) is 86.3 cm³/mol. The maximum absolute atomic E-state index is 12.5. The van der Waals surface area contributed by atoms with E-state index in [1.54, 1.807) is 6.20 Å². The summed E-state index contributed by atoms with van der Waals surface area (Å²) in [6.45, 7) is 3.17. The van der Waals surface area contributed by atoms with Crippen LogP contribution in [-0.4, -0.2) is 49.1 Å². The van der Waals surface area contributed by atoms with Gasteiger partial charge in [-0.05, 0) is 24.6 Å². The molecule has 0 spiro atoms. The number of rotatable bonds is 4. The molecule has 126 valence electrons. The maximum atomic E-state index is 12.5. The van der Waals surface area contributed by atoms with Gasteiger partial charge in [0.2, 0.25) is 0 Å². The van der Waals surface area contributed by atoms with Crippen molar-refractivity contribution in [3.63, 3.8) is 0 Å². The Morgan fingerprint density at radius 3 is 2.96 bits per heavy atom. The second kappa shape index (κ2) is 6.52. The van der Waals surface area contributed by atoms with E-state index in [0.29, 0.717) is 49.3 Å². The Morgan fingerprint density at radius 1 is 1.25 bits per heavy atom. The van der Waals surface area contributed by atoms with Gasteiger partial charge in [-0.3, -0.25) is 9.89 Å². The smallest absolute Gasteiger partial charge is 0.255 e. The van der Waals surface area contributed by atoms with E-state index in [4.69, 9.17) is 14.2 Å². The van der Waals surface area contributed by atoms with E-state index >= 15 is 0 Å². The molecule has 2 aliphatic rings. The summed E-state index contributed by atoms with van der Waals surface area (Å²) in [6.07, 6.45) is 2.54. The number of nitrogens with one attached hydrogen (secondary N) is 2. The van der Waals surface area contributed by atoms with Crippen LogP contribution >= 0.6 is 0 Å². The number of amides is 1. The summed E-state index contributed by atoms with van der Waals surface area (Å²) in [7, 11) is 0. The van der Waals surface area contributed by atoms with E-state index in [2.05, 4.69) is 15.5 Å². The Kier molecular flexibility index (Phi) is 4.08. The Labute approximate surface area is 139 Å². The molecule has 1 unspecified atom stereocenters. The van der Waals surface area contributed by atoms with Crippen LogP contribution in [-0.2, 0) is 4.74 Å². The van der Waals surface area contributed by atoms with Crippen molar-refractivity contribution in [3.8, 4) is 22.8 Å². The van der Waals surface area contributed by atoms with Gasteiger partial charge in [-0.25, -0.2) is 0 Å². The molecule has 1 aromatic carbocycles. The third kappa shape index (κ3) is 2.94. The molecular formula is C17H19N3O4. The Bertz CT molecular complexity index is 737. The van der Waals surface area contributed by atoms with E-state index in [1.807, 2.05) is 18.2 Å². The average Bonchev–Trinajstić information content (AvgIpc) is 3.31. The highest BCUT2D eigenvalue weighted by Crippen LogP contribution is 2.34. The van der Waals surface area contributed by atoms with Gasteiger partial charge in [0.05, 0.1) is 24.1 Å². The van der Waals surface area contributed by atoms with Crippen LogP contribution < -0.4 is 14.8 Å². The molecule has 0 radical (unpaired) electrons. The number of carbonyl (C=O) groups is 1. The van der Waals surface area contributed by atoms with Crippen LogP contribution in [0, 0.1) is 5.92 Å². The van der Waals surface area contributed by atoms with E-state index in [-0.39, 0.29) is 5.91 Å². The van der Waals surface area contributed by atoms with Crippen molar-refractivity contribution in [1.29, 1.82) is 0 Å². The van der Waals surface area contributed by atoms with E-state index < -0.39 is 0 Å². The van der Waals surface area contributed by atoms with Crippen LogP contribution in [0.1, 0.15) is 16.8 Å². The summed E-state index contributed by atoms with van der Waals surface area (Å²) in [5.41, 5.74) is 2.03. The Morgan fingerprint density at radius 2 is 2.12 bits per heavy atom. The summed E-state index contributed by atoms with van der Waals surface area (Å²) in [5.74, 6) is 1.65. The highest BCUT2D eigenvalue weighted by atomic mass is 16.6. The molecule has 24 heavy (non-hydrogen) atoms. The third-order valence-corrected chi connectivity index (χ3v) is 4.29. The zero-order valence-electron chi connectivity index (χ0n) is 13.2.